The van der Waals surface area contributed by atoms with E-state index in [0.717, 1.165) is 12.8 Å². The van der Waals surface area contributed by atoms with Crippen molar-refractivity contribution >= 4 is 5.97 Å². The van der Waals surface area contributed by atoms with Crippen LogP contribution in [0.5, 0.6) is 0 Å². The summed E-state index contributed by atoms with van der Waals surface area (Å²) < 4.78 is 41.7. The van der Waals surface area contributed by atoms with Crippen LogP contribution < -0.4 is 0 Å². The zero-order valence-corrected chi connectivity index (χ0v) is 11.6. The Balaban J connectivity index is 5.13. The third-order valence-electron chi connectivity index (χ3n) is 2.46. The second-order valence-electron chi connectivity index (χ2n) is 4.35. The Hall–Kier alpha value is -1.22. The topological polar surface area (TPSA) is 26.3 Å². The summed E-state index contributed by atoms with van der Waals surface area (Å²) in [6.45, 7) is 5.09. The molecular weight excluding hydrogens is 257 g/mol. The van der Waals surface area contributed by atoms with Gasteiger partial charge in [0.05, 0.1) is 6.08 Å². The van der Waals surface area contributed by atoms with Crippen LogP contribution in [0, 0.1) is 0 Å². The molecule has 0 aliphatic rings. The van der Waals surface area contributed by atoms with Crippen molar-refractivity contribution in [3.05, 3.63) is 17.4 Å². The summed E-state index contributed by atoms with van der Waals surface area (Å²) in [5.41, 5.74) is 2.67. The van der Waals surface area contributed by atoms with E-state index < -0.39 is 18.2 Å². The number of alkyl halides is 3. The van der Waals surface area contributed by atoms with Crippen molar-refractivity contribution < 1.29 is 22.7 Å². The first-order valence-corrected chi connectivity index (χ1v) is 6.50. The summed E-state index contributed by atoms with van der Waals surface area (Å²) in [7, 11) is 0. The molecule has 0 aromatic carbocycles. The van der Waals surface area contributed by atoms with Crippen molar-refractivity contribution in [3.8, 4) is 0 Å². The Labute approximate surface area is 112 Å². The molecule has 110 valence electrons. The Morgan fingerprint density at radius 2 is 1.95 bits per heavy atom. The van der Waals surface area contributed by atoms with Crippen molar-refractivity contribution in [3.63, 3.8) is 0 Å². The predicted molar refractivity (Wildman–Crippen MR) is 67.6 cm³/mol. The zero-order chi connectivity index (χ0) is 14.9. The van der Waals surface area contributed by atoms with E-state index >= 15 is 0 Å². The van der Waals surface area contributed by atoms with Crippen LogP contribution >= 0.6 is 0 Å². The number of esters is 1. The van der Waals surface area contributed by atoms with Crippen LogP contribution in [0.1, 0.15) is 52.9 Å². The molecule has 0 heterocycles. The molecule has 0 saturated heterocycles. The number of halogens is 3. The van der Waals surface area contributed by atoms with E-state index in [4.69, 9.17) is 4.74 Å². The lowest BCUT2D eigenvalue weighted by Crippen LogP contribution is -2.19. The van der Waals surface area contributed by atoms with E-state index in [0.29, 0.717) is 24.8 Å². The smallest absolute Gasteiger partial charge is 0.416 e. The average molecular weight is 278 g/mol. The highest BCUT2D eigenvalue weighted by atomic mass is 19.4. The molecule has 1 atom stereocenters. The van der Waals surface area contributed by atoms with Crippen molar-refractivity contribution in [1.29, 1.82) is 0 Å². The number of hydrogen-bond donors (Lipinski definition) is 0. The van der Waals surface area contributed by atoms with Crippen LogP contribution in [0.3, 0.4) is 0 Å². The molecule has 0 N–H and O–H groups in total. The van der Waals surface area contributed by atoms with E-state index in [1.807, 2.05) is 13.8 Å². The van der Waals surface area contributed by atoms with Crippen molar-refractivity contribution in [2.45, 2.75) is 65.2 Å². The molecule has 0 rings (SSSR count). The molecule has 0 aliphatic carbocycles. The molecule has 0 bridgehead atoms. The highest BCUT2D eigenvalue weighted by molar-refractivity contribution is 5.66. The largest absolute Gasteiger partial charge is 0.457 e. The van der Waals surface area contributed by atoms with Crippen LogP contribution in [-0.2, 0) is 9.53 Å². The summed E-state index contributed by atoms with van der Waals surface area (Å²) in [6.07, 6.45) is -1.59. The number of ether oxygens (including phenoxy) is 1. The Morgan fingerprint density at radius 1 is 1.32 bits per heavy atom. The van der Waals surface area contributed by atoms with E-state index in [-0.39, 0.29) is 6.08 Å². The van der Waals surface area contributed by atoms with Crippen LogP contribution in [0.4, 0.5) is 13.2 Å². The molecule has 0 fully saturated rings. The van der Waals surface area contributed by atoms with E-state index in [2.05, 4.69) is 5.73 Å². The standard InChI is InChI=1S/C14H21F3O2/c1-4-6-8-13(19-11(3)18)12(7-5-2)9-10-14(15,16)17/h10,13H,4-8H2,1-3H3. The van der Waals surface area contributed by atoms with E-state index in [1.165, 1.54) is 6.92 Å². The maximum Gasteiger partial charge on any atom is 0.416 e. The SMILES string of the molecule is CCCCC(OC(C)=O)C(=C=CC(F)(F)F)CCC. The van der Waals surface area contributed by atoms with Gasteiger partial charge >= 0.3 is 12.1 Å². The molecule has 5 heteroatoms. The quantitative estimate of drug-likeness (QED) is 0.504. The third kappa shape index (κ3) is 9.37. The summed E-state index contributed by atoms with van der Waals surface area (Å²) in [5.74, 6) is -0.483. The first kappa shape index (κ1) is 17.8. The minimum atomic E-state index is -4.40. The molecule has 0 aromatic rings. The number of hydrogen-bond acceptors (Lipinski definition) is 2. The maximum atomic E-state index is 12.2. The molecule has 0 spiro atoms. The fraction of sp³-hybridized carbons (Fsp3) is 0.714. The Kier molecular flexibility index (Phi) is 8.24. The molecule has 0 amide bonds. The van der Waals surface area contributed by atoms with Crippen LogP contribution in [0.2, 0.25) is 0 Å². The lowest BCUT2D eigenvalue weighted by Gasteiger charge is -2.18. The molecule has 2 nitrogen and oxygen atoms in total. The van der Waals surface area contributed by atoms with Gasteiger partial charge in [-0.05, 0) is 19.3 Å². The Morgan fingerprint density at radius 3 is 2.37 bits per heavy atom. The highest BCUT2D eigenvalue weighted by Crippen LogP contribution is 2.21. The van der Waals surface area contributed by atoms with Gasteiger partial charge in [-0.3, -0.25) is 4.79 Å². The second-order valence-corrected chi connectivity index (χ2v) is 4.35. The summed E-state index contributed by atoms with van der Waals surface area (Å²) in [6, 6.07) is 0. The number of unbranched alkanes of at least 4 members (excludes halogenated alkanes) is 1. The summed E-state index contributed by atoms with van der Waals surface area (Å²) in [4.78, 5) is 11.0. The van der Waals surface area contributed by atoms with Gasteiger partial charge in [-0.25, -0.2) is 0 Å². The van der Waals surface area contributed by atoms with Gasteiger partial charge in [-0.2, -0.15) is 13.2 Å². The van der Waals surface area contributed by atoms with Gasteiger partial charge in [0.15, 0.2) is 0 Å². The minimum absolute atomic E-state index is 0.0838. The number of rotatable bonds is 7. The fourth-order valence-electron chi connectivity index (χ4n) is 1.66. The molecule has 0 saturated carbocycles. The van der Waals surface area contributed by atoms with Crippen molar-refractivity contribution in [2.75, 3.05) is 0 Å². The van der Waals surface area contributed by atoms with Gasteiger partial charge in [-0.15, -0.1) is 5.73 Å². The first-order valence-electron chi connectivity index (χ1n) is 6.50. The van der Waals surface area contributed by atoms with Gasteiger partial charge in [0.1, 0.15) is 6.10 Å². The fourth-order valence-corrected chi connectivity index (χ4v) is 1.66. The molecule has 1 unspecified atom stereocenters. The van der Waals surface area contributed by atoms with Crippen LogP contribution in [0.25, 0.3) is 0 Å². The predicted octanol–water partition coefficient (Wildman–Crippen LogP) is 4.55. The van der Waals surface area contributed by atoms with Gasteiger partial charge in [-0.1, -0.05) is 26.7 Å². The minimum Gasteiger partial charge on any atom is -0.457 e. The van der Waals surface area contributed by atoms with Crippen molar-refractivity contribution in [2.24, 2.45) is 0 Å². The highest BCUT2D eigenvalue weighted by Gasteiger charge is 2.23. The van der Waals surface area contributed by atoms with Gasteiger partial charge in [0.25, 0.3) is 0 Å². The lowest BCUT2D eigenvalue weighted by molar-refractivity contribution is -0.145. The second kappa shape index (κ2) is 8.81. The van der Waals surface area contributed by atoms with Gasteiger partial charge in [0.2, 0.25) is 0 Å². The van der Waals surface area contributed by atoms with E-state index in [1.54, 1.807) is 0 Å². The molecule has 0 radical (unpaired) electrons. The number of carbonyl (C=O) groups is 1. The van der Waals surface area contributed by atoms with Crippen LogP contribution in [-0.4, -0.2) is 18.2 Å². The molecular formula is C14H21F3O2. The normalized spacial score (nSPS) is 12.5. The number of carbonyl (C=O) groups excluding carboxylic acids is 1. The van der Waals surface area contributed by atoms with Gasteiger partial charge < -0.3 is 4.74 Å². The molecule has 0 aliphatic heterocycles. The monoisotopic (exact) mass is 278 g/mol. The summed E-state index contributed by atoms with van der Waals surface area (Å²) in [5, 5.41) is 0. The maximum absolute atomic E-state index is 12.2. The van der Waals surface area contributed by atoms with Crippen molar-refractivity contribution in [1.82, 2.24) is 0 Å². The van der Waals surface area contributed by atoms with Gasteiger partial charge in [0, 0.05) is 12.5 Å². The third-order valence-corrected chi connectivity index (χ3v) is 2.46. The molecule has 19 heavy (non-hydrogen) atoms. The first-order chi connectivity index (χ1) is 8.80. The Bertz CT molecular complexity index is 339. The molecule has 0 aromatic heterocycles. The average Bonchev–Trinajstić information content (AvgIpc) is 2.28. The summed E-state index contributed by atoms with van der Waals surface area (Å²) >= 11 is 0. The van der Waals surface area contributed by atoms with E-state index in [9.17, 15) is 18.0 Å². The lowest BCUT2D eigenvalue weighted by atomic mass is 10.0. The zero-order valence-electron chi connectivity index (χ0n) is 11.6. The van der Waals surface area contributed by atoms with Crippen LogP contribution in [0.15, 0.2) is 17.4 Å².